The van der Waals surface area contributed by atoms with Gasteiger partial charge in [-0.25, -0.2) is 9.59 Å². The first-order chi connectivity index (χ1) is 9.49. The number of hydrogen-bond donors (Lipinski definition) is 4. The maximum absolute atomic E-state index is 11.8. The van der Waals surface area contributed by atoms with Crippen molar-refractivity contribution < 1.29 is 14.7 Å². The minimum atomic E-state index is -1.31. The van der Waals surface area contributed by atoms with Crippen molar-refractivity contribution in [2.24, 2.45) is 0 Å². The molecule has 1 amide bonds. The molecule has 20 heavy (non-hydrogen) atoms. The standard InChI is InChI=1S/C12H10ClN3O4/c13-7-4-2-1-3-6(7)9(11(18)19)16-10(17)8-5-14-12(20)15-8/h1-5,9H,(H,16,17)(H,18,19)(H2,14,15,20)/t9-/m1/s1. The van der Waals surface area contributed by atoms with E-state index in [-0.39, 0.29) is 16.3 Å². The fourth-order valence-electron chi connectivity index (χ4n) is 1.65. The van der Waals surface area contributed by atoms with Gasteiger partial charge in [-0.05, 0) is 6.07 Å². The first-order valence-electron chi connectivity index (χ1n) is 5.55. The zero-order valence-electron chi connectivity index (χ0n) is 10.0. The molecule has 0 spiro atoms. The third-order valence-corrected chi connectivity index (χ3v) is 2.92. The highest BCUT2D eigenvalue weighted by molar-refractivity contribution is 6.31. The van der Waals surface area contributed by atoms with Crippen LogP contribution in [0.2, 0.25) is 5.02 Å². The van der Waals surface area contributed by atoms with Gasteiger partial charge in [-0.3, -0.25) is 4.79 Å². The van der Waals surface area contributed by atoms with Crippen LogP contribution >= 0.6 is 11.6 Å². The predicted octanol–water partition coefficient (Wildman–Crippen LogP) is 0.912. The van der Waals surface area contributed by atoms with Gasteiger partial charge in [0.15, 0.2) is 6.04 Å². The molecule has 1 heterocycles. The smallest absolute Gasteiger partial charge is 0.330 e. The van der Waals surface area contributed by atoms with Gasteiger partial charge in [0.2, 0.25) is 0 Å². The molecule has 7 nitrogen and oxygen atoms in total. The highest BCUT2D eigenvalue weighted by Crippen LogP contribution is 2.23. The molecule has 0 aliphatic heterocycles. The Morgan fingerprint density at radius 3 is 2.55 bits per heavy atom. The van der Waals surface area contributed by atoms with Crippen LogP contribution in [0.25, 0.3) is 0 Å². The fourth-order valence-corrected chi connectivity index (χ4v) is 1.89. The molecule has 8 heteroatoms. The van der Waals surface area contributed by atoms with E-state index in [0.29, 0.717) is 0 Å². The second kappa shape index (κ2) is 5.62. The molecule has 0 unspecified atom stereocenters. The van der Waals surface area contributed by atoms with E-state index in [4.69, 9.17) is 11.6 Å². The summed E-state index contributed by atoms with van der Waals surface area (Å²) in [5, 5.41) is 11.7. The Morgan fingerprint density at radius 1 is 1.30 bits per heavy atom. The molecule has 0 aliphatic carbocycles. The number of amides is 1. The lowest BCUT2D eigenvalue weighted by Crippen LogP contribution is -2.34. The number of benzene rings is 1. The molecule has 0 aliphatic rings. The number of aliphatic carboxylic acids is 1. The highest BCUT2D eigenvalue weighted by Gasteiger charge is 2.25. The number of imidazole rings is 1. The van der Waals surface area contributed by atoms with E-state index in [2.05, 4.69) is 15.3 Å². The Kier molecular flexibility index (Phi) is 3.90. The second-order valence-corrected chi connectivity index (χ2v) is 4.33. The van der Waals surface area contributed by atoms with Crippen LogP contribution in [0.5, 0.6) is 0 Å². The van der Waals surface area contributed by atoms with Crippen LogP contribution in [0.3, 0.4) is 0 Å². The zero-order valence-corrected chi connectivity index (χ0v) is 10.8. The van der Waals surface area contributed by atoms with Crippen LogP contribution in [0, 0.1) is 0 Å². The molecular formula is C12H10ClN3O4. The summed E-state index contributed by atoms with van der Waals surface area (Å²) in [5.41, 5.74) is -0.360. The molecule has 0 saturated heterocycles. The monoisotopic (exact) mass is 295 g/mol. The zero-order chi connectivity index (χ0) is 14.7. The first-order valence-corrected chi connectivity index (χ1v) is 5.92. The molecule has 2 rings (SSSR count). The summed E-state index contributed by atoms with van der Waals surface area (Å²) >= 11 is 5.92. The van der Waals surface area contributed by atoms with Crippen LogP contribution in [0.4, 0.5) is 0 Å². The van der Waals surface area contributed by atoms with Gasteiger partial charge in [0.25, 0.3) is 5.91 Å². The van der Waals surface area contributed by atoms with E-state index >= 15 is 0 Å². The number of rotatable bonds is 4. The van der Waals surface area contributed by atoms with Gasteiger partial charge in [0, 0.05) is 16.8 Å². The van der Waals surface area contributed by atoms with E-state index in [9.17, 15) is 19.5 Å². The number of nitrogens with one attached hydrogen (secondary N) is 3. The SMILES string of the molecule is O=C(N[C@@H](C(=O)O)c1ccccc1Cl)c1c[nH]c(=O)[nH]1. The number of aromatic amines is 2. The summed E-state index contributed by atoms with van der Waals surface area (Å²) in [7, 11) is 0. The van der Waals surface area contributed by atoms with Crippen molar-refractivity contribution >= 4 is 23.5 Å². The molecule has 0 bridgehead atoms. The lowest BCUT2D eigenvalue weighted by atomic mass is 10.1. The third-order valence-electron chi connectivity index (χ3n) is 2.58. The van der Waals surface area contributed by atoms with E-state index in [0.717, 1.165) is 6.20 Å². The highest BCUT2D eigenvalue weighted by atomic mass is 35.5. The maximum Gasteiger partial charge on any atom is 0.330 e. The molecule has 4 N–H and O–H groups in total. The summed E-state index contributed by atoms with van der Waals surface area (Å²) in [6, 6.07) is 4.98. The number of aromatic nitrogens is 2. The average Bonchev–Trinajstić information content (AvgIpc) is 2.83. The number of hydrogen-bond acceptors (Lipinski definition) is 3. The lowest BCUT2D eigenvalue weighted by molar-refractivity contribution is -0.139. The quantitative estimate of drug-likeness (QED) is 0.671. The Labute approximate surface area is 117 Å². The Morgan fingerprint density at radius 2 is 2.00 bits per heavy atom. The van der Waals surface area contributed by atoms with E-state index in [1.54, 1.807) is 12.1 Å². The van der Waals surface area contributed by atoms with Crippen molar-refractivity contribution in [3.05, 3.63) is 57.2 Å². The molecule has 0 fully saturated rings. The van der Waals surface area contributed by atoms with Gasteiger partial charge in [-0.2, -0.15) is 0 Å². The molecule has 2 aromatic rings. The van der Waals surface area contributed by atoms with E-state index < -0.39 is 23.6 Å². The summed E-state index contributed by atoms with van der Waals surface area (Å²) in [6.45, 7) is 0. The van der Waals surface area contributed by atoms with Gasteiger partial charge < -0.3 is 20.4 Å². The summed E-state index contributed by atoms with van der Waals surface area (Å²) in [4.78, 5) is 38.5. The van der Waals surface area contributed by atoms with Gasteiger partial charge in [-0.1, -0.05) is 29.8 Å². The average molecular weight is 296 g/mol. The Balaban J connectivity index is 2.27. The van der Waals surface area contributed by atoms with Crippen molar-refractivity contribution in [3.8, 4) is 0 Å². The van der Waals surface area contributed by atoms with Gasteiger partial charge >= 0.3 is 11.7 Å². The van der Waals surface area contributed by atoms with Gasteiger partial charge in [-0.15, -0.1) is 0 Å². The van der Waals surface area contributed by atoms with Gasteiger partial charge in [0.05, 0.1) is 0 Å². The normalized spacial score (nSPS) is 11.8. The number of carboxylic acids is 1. The lowest BCUT2D eigenvalue weighted by Gasteiger charge is -2.15. The fraction of sp³-hybridized carbons (Fsp3) is 0.0833. The Hall–Kier alpha value is -2.54. The number of halogens is 1. The molecule has 104 valence electrons. The van der Waals surface area contributed by atoms with Crippen LogP contribution in [-0.4, -0.2) is 27.0 Å². The summed E-state index contributed by atoms with van der Waals surface area (Å²) in [5.74, 6) is -1.99. The van der Waals surface area contributed by atoms with Gasteiger partial charge in [0.1, 0.15) is 5.69 Å². The molecule has 1 aromatic heterocycles. The van der Waals surface area contributed by atoms with Crippen LogP contribution in [0.15, 0.2) is 35.3 Å². The molecular weight excluding hydrogens is 286 g/mol. The van der Waals surface area contributed by atoms with Crippen LogP contribution in [0.1, 0.15) is 22.1 Å². The van der Waals surface area contributed by atoms with E-state index in [1.807, 2.05) is 0 Å². The second-order valence-electron chi connectivity index (χ2n) is 3.92. The van der Waals surface area contributed by atoms with Crippen molar-refractivity contribution in [1.29, 1.82) is 0 Å². The predicted molar refractivity (Wildman–Crippen MR) is 70.7 cm³/mol. The molecule has 0 saturated carbocycles. The molecule has 1 aromatic carbocycles. The first kappa shape index (κ1) is 13.9. The summed E-state index contributed by atoms with van der Waals surface area (Å²) < 4.78 is 0. The van der Waals surface area contributed by atoms with Crippen LogP contribution < -0.4 is 11.0 Å². The van der Waals surface area contributed by atoms with Crippen molar-refractivity contribution in [3.63, 3.8) is 0 Å². The summed E-state index contributed by atoms with van der Waals surface area (Å²) in [6.07, 6.45) is 1.16. The third kappa shape index (κ3) is 2.89. The maximum atomic E-state index is 11.8. The number of carbonyl (C=O) groups excluding carboxylic acids is 1. The van der Waals surface area contributed by atoms with Crippen LogP contribution in [-0.2, 0) is 4.79 Å². The number of H-pyrrole nitrogens is 2. The Bertz CT molecular complexity index is 706. The van der Waals surface area contributed by atoms with Crippen molar-refractivity contribution in [2.75, 3.05) is 0 Å². The molecule has 1 atom stereocenters. The van der Waals surface area contributed by atoms with E-state index in [1.165, 1.54) is 12.1 Å². The largest absolute Gasteiger partial charge is 0.479 e. The minimum Gasteiger partial charge on any atom is -0.479 e. The minimum absolute atomic E-state index is 0.0618. The number of carboxylic acid groups (broad SMARTS) is 1. The molecule has 0 radical (unpaired) electrons. The van der Waals surface area contributed by atoms with Crippen molar-refractivity contribution in [1.82, 2.24) is 15.3 Å². The number of carbonyl (C=O) groups is 2. The topological polar surface area (TPSA) is 115 Å². The van der Waals surface area contributed by atoms with Crippen molar-refractivity contribution in [2.45, 2.75) is 6.04 Å².